The molecule has 1 fully saturated rings. The molecular formula is C22H21ClN4S. The average Bonchev–Trinajstić information content (AvgIpc) is 3.38. The van der Waals surface area contributed by atoms with E-state index in [1.807, 2.05) is 43.1 Å². The zero-order chi connectivity index (χ0) is 19.3. The first-order chi connectivity index (χ1) is 13.6. The Hall–Kier alpha value is -2.24. The Bertz CT molecular complexity index is 1050. The van der Waals surface area contributed by atoms with Crippen molar-refractivity contribution in [2.75, 3.05) is 6.54 Å². The van der Waals surface area contributed by atoms with Gasteiger partial charge in [-0.15, -0.1) is 0 Å². The lowest BCUT2D eigenvalue weighted by molar-refractivity contribution is 0.312. The quantitative estimate of drug-likeness (QED) is 0.579. The lowest BCUT2D eigenvalue weighted by Gasteiger charge is -2.28. The molecule has 1 aromatic carbocycles. The Morgan fingerprint density at radius 2 is 2.04 bits per heavy atom. The van der Waals surface area contributed by atoms with Gasteiger partial charge in [-0.2, -0.15) is 0 Å². The Morgan fingerprint density at radius 1 is 1.14 bits per heavy atom. The molecular weight excluding hydrogens is 388 g/mol. The second kappa shape index (κ2) is 6.98. The Labute approximate surface area is 174 Å². The van der Waals surface area contributed by atoms with Gasteiger partial charge in [0.1, 0.15) is 6.04 Å². The zero-order valence-corrected chi connectivity index (χ0v) is 17.4. The van der Waals surface area contributed by atoms with E-state index in [1.165, 1.54) is 5.69 Å². The van der Waals surface area contributed by atoms with Gasteiger partial charge in [-0.1, -0.05) is 36.4 Å². The van der Waals surface area contributed by atoms with Gasteiger partial charge in [0.2, 0.25) is 0 Å². The molecule has 0 bridgehead atoms. The molecule has 0 N–H and O–H groups in total. The predicted molar refractivity (Wildman–Crippen MR) is 116 cm³/mol. The van der Waals surface area contributed by atoms with Crippen LogP contribution in [0.15, 0.2) is 65.9 Å². The predicted octanol–water partition coefficient (Wildman–Crippen LogP) is 5.42. The van der Waals surface area contributed by atoms with Gasteiger partial charge in [0.05, 0.1) is 11.7 Å². The maximum atomic E-state index is 6.25. The molecule has 0 saturated carbocycles. The van der Waals surface area contributed by atoms with E-state index in [0.29, 0.717) is 5.25 Å². The highest BCUT2D eigenvalue weighted by atomic mass is 35.5. The number of thioether (sulfide) groups is 1. The monoisotopic (exact) mass is 408 g/mol. The molecule has 0 unspecified atom stereocenters. The van der Waals surface area contributed by atoms with Crippen LogP contribution in [0.3, 0.4) is 0 Å². The molecule has 28 heavy (non-hydrogen) atoms. The summed E-state index contributed by atoms with van der Waals surface area (Å²) < 4.78 is 2.26. The van der Waals surface area contributed by atoms with Crippen LogP contribution in [0.4, 0.5) is 0 Å². The summed E-state index contributed by atoms with van der Waals surface area (Å²) in [6, 6.07) is 16.7. The number of aryl methyl sites for hydroxylation is 1. The van der Waals surface area contributed by atoms with Crippen LogP contribution in [0.2, 0.25) is 5.02 Å². The minimum Gasteiger partial charge on any atom is -0.339 e. The molecule has 4 heterocycles. The van der Waals surface area contributed by atoms with Gasteiger partial charge in [0.15, 0.2) is 5.17 Å². The van der Waals surface area contributed by atoms with Crippen LogP contribution in [0.1, 0.15) is 36.0 Å². The normalized spacial score (nSPS) is 23.8. The third kappa shape index (κ3) is 2.93. The topological polar surface area (TPSA) is 33.4 Å². The fourth-order valence-corrected chi connectivity index (χ4v) is 5.30. The Balaban J connectivity index is 1.61. The van der Waals surface area contributed by atoms with Gasteiger partial charge in [0.25, 0.3) is 0 Å². The summed E-state index contributed by atoms with van der Waals surface area (Å²) in [4.78, 5) is 12.2. The number of nitrogens with zero attached hydrogens (tertiary/aromatic N) is 4. The first-order valence-electron chi connectivity index (χ1n) is 9.47. The second-order valence-corrected chi connectivity index (χ2v) is 9.19. The first-order valence-corrected chi connectivity index (χ1v) is 10.7. The minimum atomic E-state index is -0.00162. The van der Waals surface area contributed by atoms with Gasteiger partial charge in [-0.05, 0) is 55.0 Å². The zero-order valence-electron chi connectivity index (χ0n) is 15.8. The van der Waals surface area contributed by atoms with Gasteiger partial charge in [-0.3, -0.25) is 9.98 Å². The Kier molecular flexibility index (Phi) is 4.44. The number of halogens is 1. The van der Waals surface area contributed by atoms with Crippen molar-refractivity contribution in [2.45, 2.75) is 31.2 Å². The summed E-state index contributed by atoms with van der Waals surface area (Å²) in [5.74, 6) is 0. The number of hydrogen-bond donors (Lipinski definition) is 0. The van der Waals surface area contributed by atoms with E-state index in [4.69, 9.17) is 16.6 Å². The van der Waals surface area contributed by atoms with Crippen molar-refractivity contribution in [3.63, 3.8) is 0 Å². The molecule has 0 spiro atoms. The number of aliphatic imine (C=N–C) groups is 1. The molecule has 0 aliphatic carbocycles. The van der Waals surface area contributed by atoms with Gasteiger partial charge < -0.3 is 9.47 Å². The summed E-state index contributed by atoms with van der Waals surface area (Å²) in [5.41, 5.74) is 4.44. The van der Waals surface area contributed by atoms with E-state index in [1.54, 1.807) is 0 Å². The lowest BCUT2D eigenvalue weighted by atomic mass is 10.0. The second-order valence-electron chi connectivity index (χ2n) is 7.37. The molecule has 6 heteroatoms. The lowest BCUT2D eigenvalue weighted by Crippen LogP contribution is -2.30. The number of amidine groups is 1. The van der Waals surface area contributed by atoms with Gasteiger partial charge in [-0.25, -0.2) is 0 Å². The highest BCUT2D eigenvalue weighted by molar-refractivity contribution is 8.14. The van der Waals surface area contributed by atoms with E-state index in [0.717, 1.165) is 33.7 Å². The van der Waals surface area contributed by atoms with E-state index >= 15 is 0 Å². The number of hydrogen-bond acceptors (Lipinski definition) is 4. The number of aromatic nitrogens is 2. The standard InChI is InChI=1S/C22H21ClN4S/c1-14-12-16(8-9-17(14)23)26-11-5-7-19(26)21-20(18-6-3-4-10-24-18)25-22-27(21)13-15(2)28-22/h3-12,15,20-21H,13H2,1-2H3/t15-,20+,21+/m0/s1. The van der Waals surface area contributed by atoms with Gasteiger partial charge >= 0.3 is 0 Å². The van der Waals surface area contributed by atoms with Gasteiger partial charge in [0, 0.05) is 40.6 Å². The molecule has 142 valence electrons. The van der Waals surface area contributed by atoms with Crippen LogP contribution in [0.25, 0.3) is 5.69 Å². The van der Waals surface area contributed by atoms with Crippen molar-refractivity contribution < 1.29 is 0 Å². The van der Waals surface area contributed by atoms with Crippen molar-refractivity contribution in [3.05, 3.63) is 82.9 Å². The number of pyridine rings is 1. The summed E-state index contributed by atoms with van der Waals surface area (Å²) in [5, 5.41) is 2.47. The Morgan fingerprint density at radius 3 is 2.82 bits per heavy atom. The molecule has 5 rings (SSSR count). The number of benzene rings is 1. The van der Waals surface area contributed by atoms with Crippen LogP contribution in [0, 0.1) is 6.92 Å². The average molecular weight is 409 g/mol. The highest BCUT2D eigenvalue weighted by Crippen LogP contribution is 2.47. The van der Waals surface area contributed by atoms with Crippen molar-refractivity contribution in [2.24, 2.45) is 4.99 Å². The molecule has 3 aromatic rings. The fraction of sp³-hybridized carbons (Fsp3) is 0.273. The first kappa shape index (κ1) is 17.8. The van der Waals surface area contributed by atoms with Crippen LogP contribution in [-0.4, -0.2) is 31.4 Å². The number of fused-ring (bicyclic) bond motifs is 1. The van der Waals surface area contributed by atoms with Crippen LogP contribution in [0.5, 0.6) is 0 Å². The van der Waals surface area contributed by atoms with Crippen LogP contribution in [-0.2, 0) is 0 Å². The highest BCUT2D eigenvalue weighted by Gasteiger charge is 2.44. The molecule has 2 aliphatic rings. The number of rotatable bonds is 3. The van der Waals surface area contributed by atoms with Crippen LogP contribution < -0.4 is 0 Å². The molecule has 0 amide bonds. The third-order valence-electron chi connectivity index (χ3n) is 5.38. The molecule has 1 saturated heterocycles. The summed E-state index contributed by atoms with van der Waals surface area (Å²) in [6.07, 6.45) is 3.98. The van der Waals surface area contributed by atoms with E-state index < -0.39 is 0 Å². The fourth-order valence-electron chi connectivity index (χ4n) is 4.09. The minimum absolute atomic E-state index is 0.00162. The SMILES string of the molecule is Cc1cc(-n2cccc2[C@@H]2[C@@H](c3ccccn3)N=C3S[C@@H](C)CN32)ccc1Cl. The van der Waals surface area contributed by atoms with Crippen LogP contribution >= 0.6 is 23.4 Å². The molecule has 0 radical (unpaired) electrons. The summed E-state index contributed by atoms with van der Waals surface area (Å²) >= 11 is 8.12. The third-order valence-corrected chi connectivity index (χ3v) is 6.91. The molecule has 4 nitrogen and oxygen atoms in total. The smallest absolute Gasteiger partial charge is 0.160 e. The van der Waals surface area contributed by atoms with Crippen molar-refractivity contribution >= 4 is 28.5 Å². The molecule has 2 aliphatic heterocycles. The summed E-state index contributed by atoms with van der Waals surface area (Å²) in [7, 11) is 0. The van der Waals surface area contributed by atoms with Crippen molar-refractivity contribution in [3.8, 4) is 5.69 Å². The maximum absolute atomic E-state index is 6.25. The largest absolute Gasteiger partial charge is 0.339 e. The summed E-state index contributed by atoms with van der Waals surface area (Å²) in [6.45, 7) is 5.31. The molecule has 3 atom stereocenters. The molecule has 2 aromatic heterocycles. The van der Waals surface area contributed by atoms with E-state index in [9.17, 15) is 0 Å². The van der Waals surface area contributed by atoms with E-state index in [-0.39, 0.29) is 12.1 Å². The van der Waals surface area contributed by atoms with E-state index in [2.05, 4.69) is 57.9 Å². The maximum Gasteiger partial charge on any atom is 0.160 e. The van der Waals surface area contributed by atoms with Crippen molar-refractivity contribution in [1.82, 2.24) is 14.5 Å². The van der Waals surface area contributed by atoms with Crippen molar-refractivity contribution in [1.29, 1.82) is 0 Å².